The van der Waals surface area contributed by atoms with Crippen LogP contribution in [-0.4, -0.2) is 21.9 Å². The lowest BCUT2D eigenvalue weighted by atomic mass is 9.87. The molecule has 136 valence electrons. The molecule has 1 amide bonds. The van der Waals surface area contributed by atoms with Crippen molar-refractivity contribution in [1.82, 2.24) is 9.97 Å². The van der Waals surface area contributed by atoms with Gasteiger partial charge in [-0.05, 0) is 48.2 Å². The number of anilines is 2. The summed E-state index contributed by atoms with van der Waals surface area (Å²) < 4.78 is 0. The fourth-order valence-electron chi connectivity index (χ4n) is 2.74. The Bertz CT molecular complexity index is 977. The predicted molar refractivity (Wildman–Crippen MR) is 106 cm³/mol. The highest BCUT2D eigenvalue weighted by molar-refractivity contribution is 5.97. The van der Waals surface area contributed by atoms with E-state index in [1.54, 1.807) is 18.2 Å². The van der Waals surface area contributed by atoms with E-state index in [9.17, 15) is 9.59 Å². The third-order valence-corrected chi connectivity index (χ3v) is 4.31. The Labute approximate surface area is 152 Å². The number of aromatic nitrogens is 2. The van der Waals surface area contributed by atoms with Crippen molar-refractivity contribution in [2.75, 3.05) is 10.6 Å². The maximum atomic E-state index is 12.4. The van der Waals surface area contributed by atoms with E-state index in [1.165, 1.54) is 5.56 Å². The standard InChI is InChI=1S/C20H24N4O2/c1-12(21-14-7-5-13(6-8-14)20(2,3)4)18(25)22-15-9-10-16-17(11-15)24-19(26)23-16/h5-12,21H,1-4H3,(H,22,25)(H2,23,24,26)/t12-/m0/s1. The summed E-state index contributed by atoms with van der Waals surface area (Å²) in [5, 5.41) is 6.07. The van der Waals surface area contributed by atoms with Gasteiger partial charge in [0.2, 0.25) is 5.91 Å². The van der Waals surface area contributed by atoms with Crippen LogP contribution in [0.4, 0.5) is 11.4 Å². The molecule has 0 fully saturated rings. The summed E-state index contributed by atoms with van der Waals surface area (Å²) >= 11 is 0. The monoisotopic (exact) mass is 352 g/mol. The van der Waals surface area contributed by atoms with Gasteiger partial charge in [0, 0.05) is 11.4 Å². The normalized spacial score (nSPS) is 12.8. The highest BCUT2D eigenvalue weighted by atomic mass is 16.2. The number of amides is 1. The molecule has 6 heteroatoms. The van der Waals surface area contributed by atoms with E-state index in [0.717, 1.165) is 5.69 Å². The molecule has 1 aromatic heterocycles. The summed E-state index contributed by atoms with van der Waals surface area (Å²) in [5.74, 6) is -0.151. The number of fused-ring (bicyclic) bond motifs is 1. The maximum absolute atomic E-state index is 12.4. The number of carbonyl (C=O) groups is 1. The van der Waals surface area contributed by atoms with Gasteiger partial charge in [0.15, 0.2) is 0 Å². The molecule has 3 rings (SSSR count). The summed E-state index contributed by atoms with van der Waals surface area (Å²) in [6.45, 7) is 8.31. The van der Waals surface area contributed by atoms with Gasteiger partial charge in [0.05, 0.1) is 11.0 Å². The van der Waals surface area contributed by atoms with Gasteiger partial charge in [-0.15, -0.1) is 0 Å². The van der Waals surface area contributed by atoms with Crippen LogP contribution in [0.15, 0.2) is 47.3 Å². The zero-order chi connectivity index (χ0) is 18.9. The van der Waals surface area contributed by atoms with Crippen molar-refractivity contribution in [1.29, 1.82) is 0 Å². The van der Waals surface area contributed by atoms with Gasteiger partial charge in [0.25, 0.3) is 0 Å². The van der Waals surface area contributed by atoms with E-state index in [2.05, 4.69) is 53.5 Å². The summed E-state index contributed by atoms with van der Waals surface area (Å²) in [5.41, 5.74) is 3.97. The molecule has 1 heterocycles. The van der Waals surface area contributed by atoms with E-state index in [4.69, 9.17) is 0 Å². The van der Waals surface area contributed by atoms with E-state index < -0.39 is 6.04 Å². The van der Waals surface area contributed by atoms with Crippen LogP contribution in [0.3, 0.4) is 0 Å². The first-order valence-corrected chi connectivity index (χ1v) is 8.62. The van der Waals surface area contributed by atoms with Crippen LogP contribution in [0.25, 0.3) is 11.0 Å². The molecule has 3 aromatic rings. The summed E-state index contributed by atoms with van der Waals surface area (Å²) in [6.07, 6.45) is 0. The average Bonchev–Trinajstić information content (AvgIpc) is 2.93. The summed E-state index contributed by atoms with van der Waals surface area (Å²) in [6, 6.07) is 13.0. The zero-order valence-corrected chi connectivity index (χ0v) is 15.4. The third-order valence-electron chi connectivity index (χ3n) is 4.31. The van der Waals surface area contributed by atoms with Crippen molar-refractivity contribution in [3.8, 4) is 0 Å². The minimum absolute atomic E-state index is 0.0966. The molecule has 0 aliphatic rings. The Hall–Kier alpha value is -3.02. The first-order chi connectivity index (χ1) is 12.2. The molecule has 0 saturated heterocycles. The number of hydrogen-bond acceptors (Lipinski definition) is 3. The van der Waals surface area contributed by atoms with Crippen molar-refractivity contribution in [3.05, 3.63) is 58.5 Å². The molecule has 6 nitrogen and oxygen atoms in total. The lowest BCUT2D eigenvalue weighted by Gasteiger charge is -2.20. The molecule has 1 atom stereocenters. The number of rotatable bonds is 4. The molecule has 2 aromatic carbocycles. The third kappa shape index (κ3) is 3.96. The van der Waals surface area contributed by atoms with Gasteiger partial charge in [-0.1, -0.05) is 32.9 Å². The summed E-state index contributed by atoms with van der Waals surface area (Å²) in [7, 11) is 0. The number of hydrogen-bond donors (Lipinski definition) is 4. The highest BCUT2D eigenvalue weighted by Gasteiger charge is 2.15. The van der Waals surface area contributed by atoms with Crippen LogP contribution in [0, 0.1) is 0 Å². The molecule has 4 N–H and O–H groups in total. The molecule has 0 aliphatic carbocycles. The van der Waals surface area contributed by atoms with Crippen LogP contribution in [0.1, 0.15) is 33.3 Å². The highest BCUT2D eigenvalue weighted by Crippen LogP contribution is 2.23. The smallest absolute Gasteiger partial charge is 0.323 e. The largest absolute Gasteiger partial charge is 0.374 e. The van der Waals surface area contributed by atoms with Gasteiger partial charge in [0.1, 0.15) is 6.04 Å². The van der Waals surface area contributed by atoms with Crippen molar-refractivity contribution in [3.63, 3.8) is 0 Å². The Morgan fingerprint density at radius 1 is 0.962 bits per heavy atom. The van der Waals surface area contributed by atoms with E-state index in [0.29, 0.717) is 16.7 Å². The molecule has 0 unspecified atom stereocenters. The molecule has 0 radical (unpaired) electrons. The fourth-order valence-corrected chi connectivity index (χ4v) is 2.74. The Morgan fingerprint density at radius 3 is 2.23 bits per heavy atom. The predicted octanol–water partition coefficient (Wildman–Crippen LogP) is 3.59. The van der Waals surface area contributed by atoms with Gasteiger partial charge < -0.3 is 20.6 Å². The zero-order valence-electron chi connectivity index (χ0n) is 15.4. The van der Waals surface area contributed by atoms with Crippen LogP contribution < -0.4 is 16.3 Å². The fraction of sp³-hybridized carbons (Fsp3) is 0.300. The number of aromatic amines is 2. The van der Waals surface area contributed by atoms with Crippen LogP contribution in [-0.2, 0) is 10.2 Å². The lowest BCUT2D eigenvalue weighted by Crippen LogP contribution is -2.31. The second-order valence-corrected chi connectivity index (χ2v) is 7.52. The average molecular weight is 352 g/mol. The van der Waals surface area contributed by atoms with Crippen molar-refractivity contribution >= 4 is 28.3 Å². The minimum atomic E-state index is -0.406. The molecular weight excluding hydrogens is 328 g/mol. The van der Waals surface area contributed by atoms with Gasteiger partial charge >= 0.3 is 5.69 Å². The Balaban J connectivity index is 1.66. The number of benzene rings is 2. The van der Waals surface area contributed by atoms with Crippen LogP contribution in [0.5, 0.6) is 0 Å². The Kier molecular flexibility index (Phi) is 4.59. The Morgan fingerprint density at radius 2 is 1.58 bits per heavy atom. The van der Waals surface area contributed by atoms with Gasteiger partial charge in [-0.3, -0.25) is 4.79 Å². The van der Waals surface area contributed by atoms with Gasteiger partial charge in [-0.2, -0.15) is 0 Å². The topological polar surface area (TPSA) is 89.8 Å². The number of carbonyl (C=O) groups excluding carboxylic acids is 1. The van der Waals surface area contributed by atoms with Crippen LogP contribution in [0.2, 0.25) is 0 Å². The number of nitrogens with one attached hydrogen (secondary N) is 4. The number of H-pyrrole nitrogens is 2. The molecule has 0 aliphatic heterocycles. The van der Waals surface area contributed by atoms with Crippen molar-refractivity contribution < 1.29 is 4.79 Å². The van der Waals surface area contributed by atoms with Gasteiger partial charge in [-0.25, -0.2) is 4.79 Å². The quantitative estimate of drug-likeness (QED) is 0.578. The maximum Gasteiger partial charge on any atom is 0.323 e. The van der Waals surface area contributed by atoms with Crippen molar-refractivity contribution in [2.24, 2.45) is 0 Å². The molecular formula is C20H24N4O2. The second-order valence-electron chi connectivity index (χ2n) is 7.52. The molecule has 0 bridgehead atoms. The molecule has 0 saturated carbocycles. The molecule has 0 spiro atoms. The van der Waals surface area contributed by atoms with E-state index >= 15 is 0 Å². The minimum Gasteiger partial charge on any atom is -0.374 e. The van der Waals surface area contributed by atoms with E-state index in [-0.39, 0.29) is 17.0 Å². The first-order valence-electron chi connectivity index (χ1n) is 8.62. The molecule has 26 heavy (non-hydrogen) atoms. The first kappa shape index (κ1) is 17.8. The second kappa shape index (κ2) is 6.71. The lowest BCUT2D eigenvalue weighted by molar-refractivity contribution is -0.116. The summed E-state index contributed by atoms with van der Waals surface area (Å²) in [4.78, 5) is 29.1. The van der Waals surface area contributed by atoms with E-state index in [1.807, 2.05) is 19.1 Å². The number of imidazole rings is 1. The van der Waals surface area contributed by atoms with Crippen LogP contribution >= 0.6 is 0 Å². The van der Waals surface area contributed by atoms with Crippen molar-refractivity contribution in [2.45, 2.75) is 39.2 Å². The SMILES string of the molecule is C[C@H](Nc1ccc(C(C)(C)C)cc1)C(=O)Nc1ccc2[nH]c(=O)[nH]c2c1.